The van der Waals surface area contributed by atoms with E-state index in [9.17, 15) is 0 Å². The third-order valence-corrected chi connectivity index (χ3v) is 6.48. The first kappa shape index (κ1) is 12.0. The topological polar surface area (TPSA) is 0 Å². The van der Waals surface area contributed by atoms with Crippen molar-refractivity contribution in [2.45, 2.75) is 69.9 Å². The molecule has 0 saturated heterocycles. The van der Waals surface area contributed by atoms with Gasteiger partial charge in [-0.05, 0) is 25.7 Å². The first-order chi connectivity index (χ1) is 7.42. The fourth-order valence-electron chi connectivity index (χ4n) is 3.56. The molecule has 2 heteroatoms. The van der Waals surface area contributed by atoms with Crippen LogP contribution >= 0.6 is 7.36 Å². The molecule has 0 amide bonds. The molecule has 0 aliphatic heterocycles. The standard InChI is InChI=1S/C13H23PS/c15-14-13(11-7-3-1-4-8-11)12-9-5-2-6-10-12/h11-13H,1-10H2/p+1. The molecule has 2 fully saturated rings. The fraction of sp³-hybridized carbons (Fsp3) is 1.00. The second-order valence-electron chi connectivity index (χ2n) is 5.44. The van der Waals surface area contributed by atoms with E-state index in [1.807, 2.05) is 0 Å². The van der Waals surface area contributed by atoms with Crippen molar-refractivity contribution in [2.75, 3.05) is 0 Å². The number of hydrogen-bond donors (Lipinski definition) is 0. The van der Waals surface area contributed by atoms with Gasteiger partial charge in [0.05, 0.1) is 0 Å². The molecule has 0 radical (unpaired) electrons. The zero-order valence-electron chi connectivity index (χ0n) is 9.71. The number of rotatable bonds is 3. The van der Waals surface area contributed by atoms with E-state index in [0.29, 0.717) is 0 Å². The fourth-order valence-corrected chi connectivity index (χ4v) is 5.77. The third-order valence-electron chi connectivity index (χ3n) is 4.45. The van der Waals surface area contributed by atoms with E-state index in [2.05, 4.69) is 0 Å². The van der Waals surface area contributed by atoms with Gasteiger partial charge in [0, 0.05) is 11.8 Å². The molecule has 0 nitrogen and oxygen atoms in total. The Bertz CT molecular complexity index is 175. The van der Waals surface area contributed by atoms with Crippen LogP contribution in [0.25, 0.3) is 0 Å². The molecule has 2 saturated carbocycles. The van der Waals surface area contributed by atoms with Crippen LogP contribution in [0.5, 0.6) is 0 Å². The van der Waals surface area contributed by atoms with E-state index < -0.39 is 0 Å². The SMILES string of the molecule is S=[PH+]C(C1CCCCC1)C1CCCCC1. The van der Waals surface area contributed by atoms with Crippen molar-refractivity contribution in [3.63, 3.8) is 0 Å². The molecular weight excluding hydrogens is 219 g/mol. The van der Waals surface area contributed by atoms with Crippen LogP contribution in [-0.4, -0.2) is 5.66 Å². The van der Waals surface area contributed by atoms with Crippen LogP contribution < -0.4 is 0 Å². The molecule has 0 aromatic carbocycles. The van der Waals surface area contributed by atoms with Crippen molar-refractivity contribution in [1.82, 2.24) is 0 Å². The summed E-state index contributed by atoms with van der Waals surface area (Å²) in [6.45, 7) is 0. The normalized spacial score (nSPS) is 26.2. The molecule has 0 bridgehead atoms. The summed E-state index contributed by atoms with van der Waals surface area (Å²) in [5.41, 5.74) is 0.931. The minimum atomic E-state index is 0.794. The van der Waals surface area contributed by atoms with Gasteiger partial charge >= 0.3 is 0 Å². The van der Waals surface area contributed by atoms with E-state index in [-0.39, 0.29) is 0 Å². The lowest BCUT2D eigenvalue weighted by atomic mass is 9.77. The number of hydrogen-bond acceptors (Lipinski definition) is 1. The second-order valence-corrected chi connectivity index (χ2v) is 7.05. The predicted octanol–water partition coefficient (Wildman–Crippen LogP) is 4.66. The molecule has 2 aliphatic carbocycles. The Morgan fingerprint density at radius 1 is 0.733 bits per heavy atom. The highest BCUT2D eigenvalue weighted by Gasteiger charge is 2.35. The average molecular weight is 243 g/mol. The highest BCUT2D eigenvalue weighted by molar-refractivity contribution is 7.96. The van der Waals surface area contributed by atoms with Crippen LogP contribution in [0, 0.1) is 11.8 Å². The third kappa shape index (κ3) is 3.24. The van der Waals surface area contributed by atoms with Crippen LogP contribution in [0.3, 0.4) is 0 Å². The minimum Gasteiger partial charge on any atom is -0.0533 e. The van der Waals surface area contributed by atoms with Gasteiger partial charge < -0.3 is 0 Å². The van der Waals surface area contributed by atoms with Crippen molar-refractivity contribution < 1.29 is 0 Å². The quantitative estimate of drug-likeness (QED) is 0.650. The summed E-state index contributed by atoms with van der Waals surface area (Å²) in [6.07, 6.45) is 14.8. The lowest BCUT2D eigenvalue weighted by Crippen LogP contribution is -2.27. The van der Waals surface area contributed by atoms with Crippen molar-refractivity contribution in [2.24, 2.45) is 11.8 Å². The Kier molecular flexibility index (Phi) is 5.04. The molecule has 0 aromatic rings. The van der Waals surface area contributed by atoms with E-state index in [0.717, 1.165) is 24.9 Å². The van der Waals surface area contributed by atoms with Crippen molar-refractivity contribution in [3.8, 4) is 0 Å². The molecule has 15 heavy (non-hydrogen) atoms. The van der Waals surface area contributed by atoms with Crippen LogP contribution in [0.15, 0.2) is 0 Å². The van der Waals surface area contributed by atoms with Gasteiger partial charge in [-0.2, -0.15) is 0 Å². The van der Waals surface area contributed by atoms with Gasteiger partial charge in [-0.25, -0.2) is 0 Å². The van der Waals surface area contributed by atoms with E-state index in [1.165, 1.54) is 64.2 Å². The van der Waals surface area contributed by atoms with Crippen LogP contribution in [0.2, 0.25) is 0 Å². The van der Waals surface area contributed by atoms with Crippen LogP contribution in [0.4, 0.5) is 0 Å². The van der Waals surface area contributed by atoms with Gasteiger partial charge in [-0.3, -0.25) is 0 Å². The summed E-state index contributed by atoms with van der Waals surface area (Å²) < 4.78 is 0. The molecule has 1 unspecified atom stereocenters. The summed E-state index contributed by atoms with van der Waals surface area (Å²) >= 11 is 5.46. The van der Waals surface area contributed by atoms with Crippen LogP contribution in [-0.2, 0) is 11.8 Å². The van der Waals surface area contributed by atoms with E-state index >= 15 is 0 Å². The molecule has 0 N–H and O–H groups in total. The molecule has 0 aromatic heterocycles. The lowest BCUT2D eigenvalue weighted by molar-refractivity contribution is 0.254. The summed E-state index contributed by atoms with van der Waals surface area (Å²) in [5.74, 6) is 2.02. The minimum absolute atomic E-state index is 0.794. The summed E-state index contributed by atoms with van der Waals surface area (Å²) in [6, 6.07) is 0. The smallest absolute Gasteiger partial charge is 0.0533 e. The summed E-state index contributed by atoms with van der Waals surface area (Å²) in [7, 11) is 0.794. The van der Waals surface area contributed by atoms with E-state index in [4.69, 9.17) is 11.8 Å². The van der Waals surface area contributed by atoms with Gasteiger partial charge in [0.1, 0.15) is 5.66 Å². The summed E-state index contributed by atoms with van der Waals surface area (Å²) in [5, 5.41) is 0. The van der Waals surface area contributed by atoms with Gasteiger partial charge in [0.15, 0.2) is 19.2 Å². The average Bonchev–Trinajstić information content (AvgIpc) is 2.33. The first-order valence-electron chi connectivity index (χ1n) is 6.79. The molecule has 0 heterocycles. The molecular formula is C13H24PS+. The van der Waals surface area contributed by atoms with Crippen molar-refractivity contribution >= 4 is 19.2 Å². The van der Waals surface area contributed by atoms with Gasteiger partial charge in [-0.15, -0.1) is 0 Å². The van der Waals surface area contributed by atoms with Crippen molar-refractivity contribution in [1.29, 1.82) is 0 Å². The highest BCUT2D eigenvalue weighted by Crippen LogP contribution is 2.41. The first-order valence-corrected chi connectivity index (χ1v) is 9.00. The van der Waals surface area contributed by atoms with Crippen molar-refractivity contribution in [3.05, 3.63) is 0 Å². The Labute approximate surface area is 101 Å². The molecule has 0 spiro atoms. The van der Waals surface area contributed by atoms with Gasteiger partial charge in [0.25, 0.3) is 0 Å². The predicted molar refractivity (Wildman–Crippen MR) is 72.6 cm³/mol. The molecule has 2 aliphatic rings. The Hall–Kier alpha value is 0.520. The highest BCUT2D eigenvalue weighted by atomic mass is 32.4. The van der Waals surface area contributed by atoms with E-state index in [1.54, 1.807) is 0 Å². The second kappa shape index (κ2) is 6.30. The molecule has 86 valence electrons. The Balaban J connectivity index is 1.91. The largest absolute Gasteiger partial charge is 0.164 e. The zero-order chi connectivity index (χ0) is 10.5. The van der Waals surface area contributed by atoms with Gasteiger partial charge in [-0.1, -0.05) is 38.5 Å². The maximum atomic E-state index is 5.46. The van der Waals surface area contributed by atoms with Gasteiger partial charge in [0.2, 0.25) is 0 Å². The van der Waals surface area contributed by atoms with Crippen LogP contribution in [0.1, 0.15) is 64.2 Å². The lowest BCUT2D eigenvalue weighted by Gasteiger charge is -2.31. The summed E-state index contributed by atoms with van der Waals surface area (Å²) in [4.78, 5) is 0. The Morgan fingerprint density at radius 3 is 1.47 bits per heavy atom. The maximum Gasteiger partial charge on any atom is 0.164 e. The molecule has 1 atom stereocenters. The molecule has 2 rings (SSSR count). The maximum absolute atomic E-state index is 5.46. The Morgan fingerprint density at radius 2 is 1.13 bits per heavy atom. The monoisotopic (exact) mass is 243 g/mol. The zero-order valence-corrected chi connectivity index (χ0v) is 11.5.